The molecule has 0 aliphatic carbocycles. The maximum atomic E-state index is 13.6. The Balaban J connectivity index is 2.26. The molecule has 1 N–H and O–H groups in total. The maximum Gasteiger partial charge on any atom is 0.170 e. The lowest BCUT2D eigenvalue weighted by Gasteiger charge is -2.02. The van der Waals surface area contributed by atoms with Gasteiger partial charge in [0.2, 0.25) is 0 Å². The fourth-order valence-electron chi connectivity index (χ4n) is 1.21. The summed E-state index contributed by atoms with van der Waals surface area (Å²) in [5, 5.41) is 0.620. The van der Waals surface area contributed by atoms with Crippen molar-refractivity contribution in [3.05, 3.63) is 42.0 Å². The fraction of sp³-hybridized carbons (Fsp3) is 0.0909. The monoisotopic (exact) mass is 236 g/mol. The minimum absolute atomic E-state index is 0.145. The van der Waals surface area contributed by atoms with Crippen molar-refractivity contribution in [3.63, 3.8) is 0 Å². The van der Waals surface area contributed by atoms with Gasteiger partial charge in [-0.3, -0.25) is 4.79 Å². The van der Waals surface area contributed by atoms with Gasteiger partial charge in [0, 0.05) is 18.0 Å². The third-order valence-electron chi connectivity index (χ3n) is 2.02. The Labute approximate surface area is 96.1 Å². The molecule has 16 heavy (non-hydrogen) atoms. The molecule has 0 aliphatic heterocycles. The van der Waals surface area contributed by atoms with Gasteiger partial charge in [-0.05, 0) is 30.8 Å². The number of aromatic amines is 1. The summed E-state index contributed by atoms with van der Waals surface area (Å²) in [5.74, 6) is -0.553. The van der Waals surface area contributed by atoms with Crippen LogP contribution < -0.4 is 0 Å². The molecule has 82 valence electrons. The van der Waals surface area contributed by atoms with Crippen LogP contribution in [0.3, 0.4) is 0 Å². The lowest BCUT2D eigenvalue weighted by atomic mass is 10.1. The van der Waals surface area contributed by atoms with Crippen molar-refractivity contribution in [1.29, 1.82) is 0 Å². The highest BCUT2D eigenvalue weighted by Gasteiger charge is 2.08. The normalized spacial score (nSPS) is 10.4. The van der Waals surface area contributed by atoms with Crippen LogP contribution >= 0.6 is 11.8 Å². The van der Waals surface area contributed by atoms with Crippen LogP contribution in [0.25, 0.3) is 0 Å². The standard InChI is InChI=1S/C11H9FN2OS/c1-7(15)8-2-3-10(9(12)6-8)16-11-13-4-5-14-11/h2-6H,1H3,(H,13,14). The molecule has 2 rings (SSSR count). The molecule has 0 saturated carbocycles. The highest BCUT2D eigenvalue weighted by molar-refractivity contribution is 7.99. The number of hydrogen-bond donors (Lipinski definition) is 1. The quantitative estimate of drug-likeness (QED) is 0.833. The highest BCUT2D eigenvalue weighted by Crippen LogP contribution is 2.27. The number of Topliss-reactive ketones (excluding diaryl/α,β-unsaturated/α-hetero) is 1. The fourth-order valence-corrected chi connectivity index (χ4v) is 1.95. The van der Waals surface area contributed by atoms with Crippen LogP contribution in [0, 0.1) is 5.82 Å². The van der Waals surface area contributed by atoms with E-state index in [9.17, 15) is 9.18 Å². The van der Waals surface area contributed by atoms with Gasteiger partial charge in [-0.15, -0.1) is 0 Å². The molecule has 0 amide bonds. The van der Waals surface area contributed by atoms with E-state index >= 15 is 0 Å². The van der Waals surface area contributed by atoms with E-state index in [1.54, 1.807) is 24.5 Å². The van der Waals surface area contributed by atoms with E-state index in [0.717, 1.165) is 0 Å². The minimum atomic E-state index is -0.408. The van der Waals surface area contributed by atoms with Gasteiger partial charge < -0.3 is 4.98 Å². The van der Waals surface area contributed by atoms with E-state index in [4.69, 9.17) is 0 Å². The molecule has 5 heteroatoms. The third kappa shape index (κ3) is 2.30. The second-order valence-electron chi connectivity index (χ2n) is 3.20. The number of rotatable bonds is 3. The Bertz CT molecular complexity index is 511. The van der Waals surface area contributed by atoms with E-state index in [1.807, 2.05) is 0 Å². The van der Waals surface area contributed by atoms with Crippen molar-refractivity contribution in [2.45, 2.75) is 17.0 Å². The zero-order valence-corrected chi connectivity index (χ0v) is 9.34. The van der Waals surface area contributed by atoms with Crippen LogP contribution in [0.4, 0.5) is 4.39 Å². The van der Waals surface area contributed by atoms with Crippen LogP contribution in [0.15, 0.2) is 40.6 Å². The maximum absolute atomic E-state index is 13.6. The first-order valence-corrected chi connectivity index (χ1v) is 5.46. The van der Waals surface area contributed by atoms with E-state index in [-0.39, 0.29) is 5.78 Å². The molecule has 2 aromatic rings. The van der Waals surface area contributed by atoms with Gasteiger partial charge in [-0.2, -0.15) is 0 Å². The van der Waals surface area contributed by atoms with Crippen LogP contribution in [-0.4, -0.2) is 15.8 Å². The van der Waals surface area contributed by atoms with Crippen molar-refractivity contribution in [3.8, 4) is 0 Å². The van der Waals surface area contributed by atoms with Crippen LogP contribution in [0.5, 0.6) is 0 Å². The molecule has 0 saturated heterocycles. The number of hydrogen-bond acceptors (Lipinski definition) is 3. The van der Waals surface area contributed by atoms with Gasteiger partial charge in [0.15, 0.2) is 10.9 Å². The molecule has 0 fully saturated rings. The second-order valence-corrected chi connectivity index (χ2v) is 4.23. The minimum Gasteiger partial charge on any atom is -0.339 e. The lowest BCUT2D eigenvalue weighted by molar-refractivity contribution is 0.101. The number of nitrogens with one attached hydrogen (secondary N) is 1. The van der Waals surface area contributed by atoms with Gasteiger partial charge in [0.1, 0.15) is 5.82 Å². The topological polar surface area (TPSA) is 45.8 Å². The highest BCUT2D eigenvalue weighted by atomic mass is 32.2. The smallest absolute Gasteiger partial charge is 0.170 e. The summed E-state index contributed by atoms with van der Waals surface area (Å²) in [6.45, 7) is 1.41. The van der Waals surface area contributed by atoms with Crippen molar-refractivity contribution in [1.82, 2.24) is 9.97 Å². The molecule has 0 unspecified atom stereocenters. The summed E-state index contributed by atoms with van der Waals surface area (Å²) in [5.41, 5.74) is 0.376. The van der Waals surface area contributed by atoms with Gasteiger partial charge >= 0.3 is 0 Å². The summed E-state index contributed by atoms with van der Waals surface area (Å²) in [6.07, 6.45) is 3.27. The Morgan fingerprint density at radius 1 is 1.50 bits per heavy atom. The Morgan fingerprint density at radius 3 is 2.88 bits per heavy atom. The summed E-state index contributed by atoms with van der Waals surface area (Å²) in [7, 11) is 0. The van der Waals surface area contributed by atoms with Crippen molar-refractivity contribution < 1.29 is 9.18 Å². The number of aromatic nitrogens is 2. The first kappa shape index (κ1) is 10.9. The van der Waals surface area contributed by atoms with Gasteiger partial charge in [-0.25, -0.2) is 9.37 Å². The summed E-state index contributed by atoms with van der Waals surface area (Å²) in [4.78, 5) is 18.3. The van der Waals surface area contributed by atoms with Crippen molar-refractivity contribution in [2.24, 2.45) is 0 Å². The molecule has 0 spiro atoms. The Hall–Kier alpha value is -1.62. The second kappa shape index (κ2) is 4.49. The van der Waals surface area contributed by atoms with Gasteiger partial charge in [-0.1, -0.05) is 6.07 Å². The molecule has 1 heterocycles. The molecule has 0 atom stereocenters. The molecule has 3 nitrogen and oxygen atoms in total. The Kier molecular flexibility index (Phi) is 3.05. The third-order valence-corrected chi connectivity index (χ3v) is 2.99. The van der Waals surface area contributed by atoms with Crippen molar-refractivity contribution >= 4 is 17.5 Å². The predicted molar refractivity (Wildman–Crippen MR) is 59.1 cm³/mol. The number of nitrogens with zero attached hydrogens (tertiary/aromatic N) is 1. The van der Waals surface area contributed by atoms with Gasteiger partial charge in [0.25, 0.3) is 0 Å². The largest absolute Gasteiger partial charge is 0.339 e. The molecule has 1 aromatic carbocycles. The van der Waals surface area contributed by atoms with Crippen LogP contribution in [0.1, 0.15) is 17.3 Å². The van der Waals surface area contributed by atoms with Crippen LogP contribution in [0.2, 0.25) is 0 Å². The number of halogens is 1. The van der Waals surface area contributed by atoms with E-state index in [0.29, 0.717) is 15.6 Å². The number of carbonyl (C=O) groups excluding carboxylic acids is 1. The first-order valence-electron chi connectivity index (χ1n) is 4.64. The van der Waals surface area contributed by atoms with E-state index in [1.165, 1.54) is 24.8 Å². The number of imidazole rings is 1. The first-order chi connectivity index (χ1) is 7.66. The predicted octanol–water partition coefficient (Wildman–Crippen LogP) is 2.90. The average Bonchev–Trinajstić information content (AvgIpc) is 2.73. The molecule has 0 aliphatic rings. The summed E-state index contributed by atoms with van der Waals surface area (Å²) >= 11 is 1.19. The SMILES string of the molecule is CC(=O)c1ccc(Sc2ncc[nH]2)c(F)c1. The summed E-state index contributed by atoms with van der Waals surface area (Å²) in [6, 6.07) is 4.43. The number of benzene rings is 1. The number of H-pyrrole nitrogens is 1. The molecule has 0 radical (unpaired) electrons. The van der Waals surface area contributed by atoms with E-state index in [2.05, 4.69) is 9.97 Å². The molecular formula is C11H9FN2OS. The zero-order valence-electron chi connectivity index (χ0n) is 8.53. The lowest BCUT2D eigenvalue weighted by Crippen LogP contribution is -1.93. The number of ketones is 1. The Morgan fingerprint density at radius 2 is 2.31 bits per heavy atom. The average molecular weight is 236 g/mol. The van der Waals surface area contributed by atoms with Crippen LogP contribution in [-0.2, 0) is 0 Å². The van der Waals surface area contributed by atoms with E-state index < -0.39 is 5.82 Å². The molecule has 0 bridgehead atoms. The number of carbonyl (C=O) groups is 1. The van der Waals surface area contributed by atoms with Crippen molar-refractivity contribution in [2.75, 3.05) is 0 Å². The van der Waals surface area contributed by atoms with Gasteiger partial charge in [0.05, 0.1) is 4.90 Å². The zero-order chi connectivity index (χ0) is 11.5. The molecule has 1 aromatic heterocycles. The summed E-state index contributed by atoms with van der Waals surface area (Å²) < 4.78 is 13.6. The molecular weight excluding hydrogens is 227 g/mol.